The van der Waals surface area contributed by atoms with Crippen LogP contribution < -0.4 is 5.32 Å². The lowest BCUT2D eigenvalue weighted by molar-refractivity contribution is 0.0913. The van der Waals surface area contributed by atoms with Crippen LogP contribution in [0.15, 0.2) is 15.2 Å². The molecule has 4 heteroatoms. The fourth-order valence-electron chi connectivity index (χ4n) is 1.95. The molecule has 0 radical (unpaired) electrons. The Morgan fingerprint density at radius 3 is 3.21 bits per heavy atom. The highest BCUT2D eigenvalue weighted by Gasteiger charge is 2.29. The van der Waals surface area contributed by atoms with Crippen LogP contribution in [0.25, 0.3) is 0 Å². The summed E-state index contributed by atoms with van der Waals surface area (Å²) < 4.78 is 6.95. The minimum absolute atomic E-state index is 0.296. The summed E-state index contributed by atoms with van der Waals surface area (Å²) in [5.41, 5.74) is 1.32. The molecule has 0 spiro atoms. The molecule has 14 heavy (non-hydrogen) atoms. The third kappa shape index (κ3) is 2.19. The first-order chi connectivity index (χ1) is 6.81. The number of halogens is 1. The van der Waals surface area contributed by atoms with E-state index in [1.807, 2.05) is 7.05 Å². The van der Waals surface area contributed by atoms with Crippen LogP contribution in [0.2, 0.25) is 0 Å². The molecule has 2 unspecified atom stereocenters. The van der Waals surface area contributed by atoms with E-state index < -0.39 is 0 Å². The molecule has 2 nitrogen and oxygen atoms in total. The van der Waals surface area contributed by atoms with Crippen molar-refractivity contribution in [3.05, 3.63) is 20.8 Å². The highest BCUT2D eigenvalue weighted by atomic mass is 79.9. The lowest BCUT2D eigenvalue weighted by Gasteiger charge is -2.16. The van der Waals surface area contributed by atoms with E-state index in [0.29, 0.717) is 12.0 Å². The van der Waals surface area contributed by atoms with Crippen molar-refractivity contribution < 1.29 is 4.74 Å². The van der Waals surface area contributed by atoms with E-state index in [0.717, 1.165) is 13.2 Å². The molecule has 1 fully saturated rings. The van der Waals surface area contributed by atoms with Gasteiger partial charge in [-0.15, -0.1) is 11.3 Å². The van der Waals surface area contributed by atoms with E-state index in [9.17, 15) is 0 Å². The third-order valence-corrected chi connectivity index (χ3v) is 4.12. The molecule has 2 heterocycles. The monoisotopic (exact) mass is 275 g/mol. The predicted molar refractivity (Wildman–Crippen MR) is 62.7 cm³/mol. The van der Waals surface area contributed by atoms with Crippen LogP contribution in [-0.2, 0) is 4.74 Å². The maximum Gasteiger partial charge on any atom is 0.0874 e. The summed E-state index contributed by atoms with van der Waals surface area (Å²) in [5, 5.41) is 5.41. The number of hydrogen-bond donors (Lipinski definition) is 1. The average molecular weight is 276 g/mol. The molecular formula is C10H14BrNOS. The summed E-state index contributed by atoms with van der Waals surface area (Å²) in [4.78, 5) is 0. The molecule has 0 saturated carbocycles. The second kappa shape index (κ2) is 4.75. The zero-order chi connectivity index (χ0) is 9.97. The zero-order valence-electron chi connectivity index (χ0n) is 8.13. The molecule has 2 atom stereocenters. The van der Waals surface area contributed by atoms with Gasteiger partial charge >= 0.3 is 0 Å². The Kier molecular flexibility index (Phi) is 3.60. The Bertz CT molecular complexity index is 302. The highest BCUT2D eigenvalue weighted by molar-refractivity contribution is 9.11. The summed E-state index contributed by atoms with van der Waals surface area (Å²) in [6.07, 6.45) is 1.46. The topological polar surface area (TPSA) is 21.3 Å². The SMILES string of the molecule is CNCC1CCOC1c1csc(Br)c1. The average Bonchev–Trinajstić information content (AvgIpc) is 2.74. The van der Waals surface area contributed by atoms with Crippen LogP contribution in [0.3, 0.4) is 0 Å². The van der Waals surface area contributed by atoms with E-state index in [2.05, 4.69) is 32.7 Å². The quantitative estimate of drug-likeness (QED) is 0.916. The lowest BCUT2D eigenvalue weighted by Crippen LogP contribution is -2.21. The van der Waals surface area contributed by atoms with Gasteiger partial charge in [-0.25, -0.2) is 0 Å². The lowest BCUT2D eigenvalue weighted by atomic mass is 9.97. The van der Waals surface area contributed by atoms with Gasteiger partial charge in [0.15, 0.2) is 0 Å². The fourth-order valence-corrected chi connectivity index (χ4v) is 3.15. The van der Waals surface area contributed by atoms with Crippen LogP contribution in [0.5, 0.6) is 0 Å². The Labute approximate surface area is 96.8 Å². The maximum atomic E-state index is 5.76. The summed E-state index contributed by atoms with van der Waals surface area (Å²) in [5.74, 6) is 0.626. The molecule has 0 aromatic carbocycles. The molecule has 78 valence electrons. The molecule has 1 aromatic rings. The molecule has 1 saturated heterocycles. The van der Waals surface area contributed by atoms with E-state index in [1.54, 1.807) is 11.3 Å². The number of rotatable bonds is 3. The number of nitrogens with one attached hydrogen (secondary N) is 1. The van der Waals surface area contributed by atoms with Gasteiger partial charge in [0.2, 0.25) is 0 Å². The van der Waals surface area contributed by atoms with Crippen LogP contribution in [-0.4, -0.2) is 20.2 Å². The van der Waals surface area contributed by atoms with Crippen LogP contribution in [0, 0.1) is 5.92 Å². The van der Waals surface area contributed by atoms with Crippen molar-refractivity contribution in [2.45, 2.75) is 12.5 Å². The van der Waals surface area contributed by atoms with Crippen molar-refractivity contribution in [3.63, 3.8) is 0 Å². The molecule has 1 aliphatic heterocycles. The van der Waals surface area contributed by atoms with Crippen molar-refractivity contribution in [3.8, 4) is 0 Å². The molecule has 1 N–H and O–H groups in total. The van der Waals surface area contributed by atoms with Crippen molar-refractivity contribution in [1.29, 1.82) is 0 Å². The maximum absolute atomic E-state index is 5.76. The van der Waals surface area contributed by atoms with Crippen molar-refractivity contribution in [2.75, 3.05) is 20.2 Å². The highest BCUT2D eigenvalue weighted by Crippen LogP contribution is 2.37. The van der Waals surface area contributed by atoms with E-state index in [1.165, 1.54) is 15.8 Å². The summed E-state index contributed by atoms with van der Waals surface area (Å²) in [6.45, 7) is 1.93. The van der Waals surface area contributed by atoms with E-state index >= 15 is 0 Å². The molecular weight excluding hydrogens is 262 g/mol. The number of hydrogen-bond acceptors (Lipinski definition) is 3. The minimum Gasteiger partial charge on any atom is -0.373 e. The molecule has 1 aliphatic rings. The summed E-state index contributed by atoms with van der Waals surface area (Å²) >= 11 is 5.21. The first-order valence-corrected chi connectivity index (χ1v) is 6.48. The number of thiophene rings is 1. The predicted octanol–water partition coefficient (Wildman–Crippen LogP) is 2.81. The van der Waals surface area contributed by atoms with Gasteiger partial charge in [-0.1, -0.05) is 0 Å². The minimum atomic E-state index is 0.296. The van der Waals surface area contributed by atoms with Gasteiger partial charge in [0.25, 0.3) is 0 Å². The number of ether oxygens (including phenoxy) is 1. The Balaban J connectivity index is 2.09. The Hall–Kier alpha value is 0.100. The van der Waals surface area contributed by atoms with E-state index in [-0.39, 0.29) is 0 Å². The largest absolute Gasteiger partial charge is 0.373 e. The smallest absolute Gasteiger partial charge is 0.0874 e. The zero-order valence-corrected chi connectivity index (χ0v) is 10.5. The van der Waals surface area contributed by atoms with Crippen molar-refractivity contribution >= 4 is 27.3 Å². The van der Waals surface area contributed by atoms with Gasteiger partial charge in [-0.05, 0) is 46.4 Å². The van der Waals surface area contributed by atoms with Gasteiger partial charge in [0, 0.05) is 19.1 Å². The third-order valence-electron chi connectivity index (χ3n) is 2.60. The van der Waals surface area contributed by atoms with Gasteiger partial charge < -0.3 is 10.1 Å². The fraction of sp³-hybridized carbons (Fsp3) is 0.600. The summed E-state index contributed by atoms with van der Waals surface area (Å²) in [6, 6.07) is 2.17. The van der Waals surface area contributed by atoms with Gasteiger partial charge in [0.1, 0.15) is 0 Å². The second-order valence-corrected chi connectivity index (χ2v) is 5.87. The molecule has 0 bridgehead atoms. The summed E-state index contributed by atoms with van der Waals surface area (Å²) in [7, 11) is 2.00. The first-order valence-electron chi connectivity index (χ1n) is 4.81. The first kappa shape index (κ1) is 10.6. The Morgan fingerprint density at radius 1 is 1.71 bits per heavy atom. The van der Waals surface area contributed by atoms with Crippen LogP contribution in [0.4, 0.5) is 0 Å². The van der Waals surface area contributed by atoms with Gasteiger partial charge in [-0.2, -0.15) is 0 Å². The molecule has 2 rings (SSSR count). The standard InChI is InChI=1S/C10H14BrNOS/c1-12-5-7-2-3-13-10(7)8-4-9(11)14-6-8/h4,6-7,10,12H,2-3,5H2,1H3. The molecule has 0 amide bonds. The van der Waals surface area contributed by atoms with Gasteiger partial charge in [-0.3, -0.25) is 0 Å². The molecule has 0 aliphatic carbocycles. The van der Waals surface area contributed by atoms with Crippen LogP contribution >= 0.6 is 27.3 Å². The Morgan fingerprint density at radius 2 is 2.57 bits per heavy atom. The van der Waals surface area contributed by atoms with Crippen molar-refractivity contribution in [1.82, 2.24) is 5.32 Å². The van der Waals surface area contributed by atoms with Gasteiger partial charge in [0.05, 0.1) is 9.89 Å². The van der Waals surface area contributed by atoms with Crippen molar-refractivity contribution in [2.24, 2.45) is 5.92 Å². The molecule has 1 aromatic heterocycles. The van der Waals surface area contributed by atoms with E-state index in [4.69, 9.17) is 4.74 Å². The second-order valence-electron chi connectivity index (χ2n) is 3.58. The van der Waals surface area contributed by atoms with Crippen LogP contribution in [0.1, 0.15) is 18.1 Å². The normalized spacial score (nSPS) is 27.0.